The standard InChI is InChI=1S/C15H13N3O3.C2H6/c1-9-6-11(8-16)4-5-12(9)21-13-7-10(2)17-18-14(13)15(19)20-3;1-2/h4-7H,1-3H3;1-2H3. The molecule has 6 heteroatoms. The number of aryl methyl sites for hydroxylation is 2. The summed E-state index contributed by atoms with van der Waals surface area (Å²) in [5, 5.41) is 16.5. The van der Waals surface area contributed by atoms with E-state index < -0.39 is 5.97 Å². The molecule has 0 aliphatic rings. The number of benzene rings is 1. The third kappa shape index (κ3) is 4.51. The van der Waals surface area contributed by atoms with Crippen LogP contribution in [0.5, 0.6) is 11.5 Å². The number of nitrogens with zero attached hydrogens (tertiary/aromatic N) is 3. The summed E-state index contributed by atoms with van der Waals surface area (Å²) in [5.74, 6) is 0.178. The molecule has 0 fully saturated rings. The second-order valence-electron chi connectivity index (χ2n) is 4.38. The molecule has 0 amide bonds. The van der Waals surface area contributed by atoms with E-state index in [1.165, 1.54) is 7.11 Å². The first kappa shape index (κ1) is 18.1. The van der Waals surface area contributed by atoms with Crippen molar-refractivity contribution in [3.63, 3.8) is 0 Å². The number of carbonyl (C=O) groups excluding carboxylic acids is 1. The van der Waals surface area contributed by atoms with Crippen molar-refractivity contribution >= 4 is 5.97 Å². The van der Waals surface area contributed by atoms with Crippen LogP contribution in [0, 0.1) is 25.2 Å². The van der Waals surface area contributed by atoms with Crippen LogP contribution in [0.3, 0.4) is 0 Å². The molecule has 1 heterocycles. The highest BCUT2D eigenvalue weighted by Gasteiger charge is 2.17. The zero-order valence-electron chi connectivity index (χ0n) is 13.9. The molecule has 0 atom stereocenters. The van der Waals surface area contributed by atoms with Crippen LogP contribution in [-0.4, -0.2) is 23.3 Å². The van der Waals surface area contributed by atoms with Gasteiger partial charge in [-0.1, -0.05) is 13.8 Å². The van der Waals surface area contributed by atoms with Gasteiger partial charge in [0.05, 0.1) is 24.4 Å². The Morgan fingerprint density at radius 1 is 1.13 bits per heavy atom. The minimum Gasteiger partial charge on any atom is -0.464 e. The van der Waals surface area contributed by atoms with Crippen molar-refractivity contribution in [2.45, 2.75) is 27.7 Å². The number of ether oxygens (including phenoxy) is 2. The molecule has 23 heavy (non-hydrogen) atoms. The Labute approximate surface area is 135 Å². The van der Waals surface area contributed by atoms with Gasteiger partial charge in [-0.2, -0.15) is 10.4 Å². The third-order valence-corrected chi connectivity index (χ3v) is 2.78. The second kappa shape index (κ2) is 8.49. The molecule has 0 N–H and O–H groups in total. The van der Waals surface area contributed by atoms with Gasteiger partial charge in [0.25, 0.3) is 0 Å². The monoisotopic (exact) mass is 313 g/mol. The Morgan fingerprint density at radius 2 is 1.83 bits per heavy atom. The highest BCUT2D eigenvalue weighted by atomic mass is 16.5. The first-order chi connectivity index (χ1) is 11.0. The Bertz CT molecular complexity index is 736. The summed E-state index contributed by atoms with van der Waals surface area (Å²) in [7, 11) is 1.26. The molecule has 6 nitrogen and oxygen atoms in total. The molecule has 1 aromatic heterocycles. The van der Waals surface area contributed by atoms with Gasteiger partial charge in [0.1, 0.15) is 5.75 Å². The van der Waals surface area contributed by atoms with E-state index in [1.54, 1.807) is 31.2 Å². The van der Waals surface area contributed by atoms with Crippen molar-refractivity contribution in [2.24, 2.45) is 0 Å². The van der Waals surface area contributed by atoms with Crippen molar-refractivity contribution in [1.82, 2.24) is 10.2 Å². The van der Waals surface area contributed by atoms with Gasteiger partial charge in [0.2, 0.25) is 5.69 Å². The summed E-state index contributed by atoms with van der Waals surface area (Å²) < 4.78 is 10.4. The zero-order chi connectivity index (χ0) is 17.4. The van der Waals surface area contributed by atoms with Crippen molar-refractivity contribution < 1.29 is 14.3 Å². The van der Waals surface area contributed by atoms with Gasteiger partial charge in [0.15, 0.2) is 5.75 Å². The van der Waals surface area contributed by atoms with Crippen LogP contribution >= 0.6 is 0 Å². The lowest BCUT2D eigenvalue weighted by Crippen LogP contribution is -2.08. The number of nitriles is 1. The Hall–Kier alpha value is -2.94. The van der Waals surface area contributed by atoms with Crippen LogP contribution in [-0.2, 0) is 4.74 Å². The topological polar surface area (TPSA) is 85.1 Å². The minimum atomic E-state index is -0.621. The molecule has 0 bridgehead atoms. The number of rotatable bonds is 3. The van der Waals surface area contributed by atoms with Gasteiger partial charge in [-0.05, 0) is 37.6 Å². The predicted octanol–water partition coefficient (Wildman–Crippen LogP) is 3.57. The van der Waals surface area contributed by atoms with Crippen LogP contribution in [0.25, 0.3) is 0 Å². The fourth-order valence-electron chi connectivity index (χ4n) is 1.73. The average Bonchev–Trinajstić information content (AvgIpc) is 2.58. The van der Waals surface area contributed by atoms with Crippen LogP contribution in [0.4, 0.5) is 0 Å². The average molecular weight is 313 g/mol. The molecule has 0 unspecified atom stereocenters. The van der Waals surface area contributed by atoms with Crippen molar-refractivity contribution in [3.8, 4) is 17.6 Å². The molecule has 0 spiro atoms. The molecule has 2 rings (SSSR count). The lowest BCUT2D eigenvalue weighted by Gasteiger charge is -2.11. The summed E-state index contributed by atoms with van der Waals surface area (Å²) in [5.41, 5.74) is 1.94. The lowest BCUT2D eigenvalue weighted by atomic mass is 10.1. The number of hydrogen-bond donors (Lipinski definition) is 0. The smallest absolute Gasteiger partial charge is 0.362 e. The number of hydrogen-bond acceptors (Lipinski definition) is 6. The number of esters is 1. The quantitative estimate of drug-likeness (QED) is 0.805. The predicted molar refractivity (Wildman–Crippen MR) is 85.4 cm³/mol. The summed E-state index contributed by atoms with van der Waals surface area (Å²) in [6.45, 7) is 7.56. The fraction of sp³-hybridized carbons (Fsp3) is 0.294. The lowest BCUT2D eigenvalue weighted by molar-refractivity contribution is 0.0589. The van der Waals surface area contributed by atoms with Crippen molar-refractivity contribution in [3.05, 3.63) is 46.8 Å². The van der Waals surface area contributed by atoms with E-state index in [9.17, 15) is 4.79 Å². The van der Waals surface area contributed by atoms with Crippen LogP contribution in [0.15, 0.2) is 24.3 Å². The maximum absolute atomic E-state index is 11.7. The van der Waals surface area contributed by atoms with Gasteiger partial charge < -0.3 is 9.47 Å². The van der Waals surface area contributed by atoms with Gasteiger partial charge in [-0.25, -0.2) is 4.79 Å². The second-order valence-corrected chi connectivity index (χ2v) is 4.38. The van der Waals surface area contributed by atoms with Crippen molar-refractivity contribution in [2.75, 3.05) is 7.11 Å². The number of carbonyl (C=O) groups is 1. The molecule has 120 valence electrons. The van der Waals surface area contributed by atoms with E-state index in [2.05, 4.69) is 21.0 Å². The maximum Gasteiger partial charge on any atom is 0.362 e. The highest BCUT2D eigenvalue weighted by molar-refractivity contribution is 5.90. The first-order valence-corrected chi connectivity index (χ1v) is 7.16. The fourth-order valence-corrected chi connectivity index (χ4v) is 1.73. The van der Waals surface area contributed by atoms with E-state index in [0.29, 0.717) is 17.0 Å². The molecule has 2 aromatic rings. The molecular weight excluding hydrogens is 294 g/mol. The summed E-state index contributed by atoms with van der Waals surface area (Å²) in [4.78, 5) is 11.7. The number of methoxy groups -OCH3 is 1. The largest absolute Gasteiger partial charge is 0.464 e. The molecule has 0 aliphatic heterocycles. The van der Waals surface area contributed by atoms with Crippen molar-refractivity contribution in [1.29, 1.82) is 5.26 Å². The SMILES string of the molecule is CC.COC(=O)c1nnc(C)cc1Oc1ccc(C#N)cc1C. The zero-order valence-corrected chi connectivity index (χ0v) is 13.9. The van der Waals surface area contributed by atoms with E-state index in [-0.39, 0.29) is 11.4 Å². The molecule has 0 radical (unpaired) electrons. The van der Waals surface area contributed by atoms with E-state index >= 15 is 0 Å². The molecule has 1 aromatic carbocycles. The summed E-state index contributed by atoms with van der Waals surface area (Å²) >= 11 is 0. The van der Waals surface area contributed by atoms with Crippen LogP contribution in [0.1, 0.15) is 41.2 Å². The maximum atomic E-state index is 11.7. The van der Waals surface area contributed by atoms with Crippen LogP contribution < -0.4 is 4.74 Å². The highest BCUT2D eigenvalue weighted by Crippen LogP contribution is 2.28. The summed E-state index contributed by atoms with van der Waals surface area (Å²) in [6.07, 6.45) is 0. The number of aromatic nitrogens is 2. The summed E-state index contributed by atoms with van der Waals surface area (Å²) in [6, 6.07) is 8.68. The normalized spacial score (nSPS) is 9.22. The van der Waals surface area contributed by atoms with E-state index in [0.717, 1.165) is 5.56 Å². The van der Waals surface area contributed by atoms with Gasteiger partial charge in [-0.3, -0.25) is 0 Å². The van der Waals surface area contributed by atoms with Gasteiger partial charge in [0, 0.05) is 6.07 Å². The first-order valence-electron chi connectivity index (χ1n) is 7.16. The van der Waals surface area contributed by atoms with Gasteiger partial charge >= 0.3 is 5.97 Å². The van der Waals surface area contributed by atoms with E-state index in [4.69, 9.17) is 10.00 Å². The van der Waals surface area contributed by atoms with Gasteiger partial charge in [-0.15, -0.1) is 5.10 Å². The Kier molecular flexibility index (Phi) is 6.68. The third-order valence-electron chi connectivity index (χ3n) is 2.78. The van der Waals surface area contributed by atoms with E-state index in [1.807, 2.05) is 20.8 Å². The molecule has 0 aliphatic carbocycles. The molecular formula is C17H19N3O3. The Balaban J connectivity index is 0.00000127. The Morgan fingerprint density at radius 3 is 2.39 bits per heavy atom. The van der Waals surface area contributed by atoms with Crippen LogP contribution in [0.2, 0.25) is 0 Å². The molecule has 0 saturated heterocycles. The molecule has 0 saturated carbocycles. The minimum absolute atomic E-state index is 0.00635.